The molecule has 0 saturated heterocycles. The van der Waals surface area contributed by atoms with Gasteiger partial charge < -0.3 is 15.2 Å². The zero-order valence-electron chi connectivity index (χ0n) is 17.0. The van der Waals surface area contributed by atoms with Crippen LogP contribution >= 0.6 is 0 Å². The Morgan fingerprint density at radius 3 is 2.53 bits per heavy atom. The largest absolute Gasteiger partial charge is 0.545 e. The topological polar surface area (TPSA) is 69.2 Å². The van der Waals surface area contributed by atoms with E-state index in [1.807, 2.05) is 18.2 Å². The molecule has 0 spiro atoms. The van der Waals surface area contributed by atoms with Crippen LogP contribution in [0.1, 0.15) is 54.2 Å². The monoisotopic (exact) mass is 396 g/mol. The molecule has 0 radical (unpaired) electrons. The van der Waals surface area contributed by atoms with Crippen LogP contribution in [-0.4, -0.2) is 11.8 Å². The Labute approximate surface area is 175 Å². The number of carboxylic acid groups (broad SMARTS) is 1. The number of benzene rings is 3. The van der Waals surface area contributed by atoms with Gasteiger partial charge in [-0.25, -0.2) is 0 Å². The van der Waals surface area contributed by atoms with E-state index in [1.54, 1.807) is 24.3 Å². The minimum Gasteiger partial charge on any atom is -0.545 e. The molecule has 1 atom stereocenters. The van der Waals surface area contributed by atoms with Gasteiger partial charge in [0.25, 0.3) is 0 Å². The third kappa shape index (κ3) is 2.83. The summed E-state index contributed by atoms with van der Waals surface area (Å²) in [5.41, 5.74) is 4.23. The van der Waals surface area contributed by atoms with Crippen molar-refractivity contribution in [1.82, 2.24) is 0 Å². The molecule has 0 saturated carbocycles. The highest BCUT2D eigenvalue weighted by Gasteiger charge is 2.41. The van der Waals surface area contributed by atoms with Crippen LogP contribution in [-0.2, 0) is 4.79 Å². The summed E-state index contributed by atoms with van der Waals surface area (Å²) in [5.74, 6) is -1.16. The smallest absolute Gasteiger partial charge is 0.162 e. The van der Waals surface area contributed by atoms with Gasteiger partial charge in [0.15, 0.2) is 5.78 Å². The van der Waals surface area contributed by atoms with Gasteiger partial charge in [-0.3, -0.25) is 4.79 Å². The van der Waals surface area contributed by atoms with Gasteiger partial charge in [0.1, 0.15) is 0 Å². The number of aromatic carboxylic acids is 1. The molecule has 0 aromatic heterocycles. The Morgan fingerprint density at radius 2 is 1.73 bits per heavy atom. The molecule has 3 aromatic carbocycles. The molecule has 2 aliphatic rings. The molecule has 0 bridgehead atoms. The third-order valence-corrected chi connectivity index (χ3v) is 6.23. The molecule has 0 fully saturated rings. The van der Waals surface area contributed by atoms with Gasteiger partial charge in [0, 0.05) is 28.8 Å². The lowest BCUT2D eigenvalue weighted by molar-refractivity contribution is -0.255. The number of rotatable bonds is 2. The van der Waals surface area contributed by atoms with Crippen molar-refractivity contribution in [2.24, 2.45) is 5.41 Å². The minimum absolute atomic E-state index is 0.0745. The standard InChI is InChI=1S/C26H23NO3/c1-26(2)13-19-22-16-8-4-3-7-15(16)11-12-20(22)27-24(23(19)21(28)14-26)17-9-5-6-10-18(17)25(29)30/h3-12,24,27H,13-14H2,1-2H3,(H,29,30)/p-1/t24-/m1/s1. The molecule has 4 heteroatoms. The zero-order chi connectivity index (χ0) is 21.0. The van der Waals surface area contributed by atoms with Crippen LogP contribution in [0.25, 0.3) is 16.3 Å². The second-order valence-electron chi connectivity index (χ2n) is 8.99. The summed E-state index contributed by atoms with van der Waals surface area (Å²) < 4.78 is 0. The maximum absolute atomic E-state index is 13.4. The van der Waals surface area contributed by atoms with Crippen molar-refractivity contribution in [3.05, 3.63) is 82.9 Å². The first-order valence-electron chi connectivity index (χ1n) is 10.2. The number of hydrogen-bond donors (Lipinski definition) is 1. The number of carbonyl (C=O) groups is 2. The quantitative estimate of drug-likeness (QED) is 0.692. The van der Waals surface area contributed by atoms with Crippen molar-refractivity contribution in [2.75, 3.05) is 5.32 Å². The van der Waals surface area contributed by atoms with Crippen LogP contribution in [0.5, 0.6) is 0 Å². The number of anilines is 1. The number of allylic oxidation sites excluding steroid dienone is 1. The van der Waals surface area contributed by atoms with E-state index in [4.69, 9.17) is 0 Å². The number of nitrogens with one attached hydrogen (secondary N) is 1. The van der Waals surface area contributed by atoms with E-state index >= 15 is 0 Å². The molecule has 4 nitrogen and oxygen atoms in total. The first kappa shape index (κ1) is 18.6. The fourth-order valence-electron chi connectivity index (χ4n) is 5.01. The average Bonchev–Trinajstić information content (AvgIpc) is 2.71. The third-order valence-electron chi connectivity index (χ3n) is 6.23. The second-order valence-corrected chi connectivity index (χ2v) is 8.99. The number of Topliss-reactive ketones (excluding diaryl/α,β-unsaturated/α-hetero) is 1. The van der Waals surface area contributed by atoms with Gasteiger partial charge in [-0.05, 0) is 39.8 Å². The molecule has 1 heterocycles. The summed E-state index contributed by atoms with van der Waals surface area (Å²) in [6, 6.07) is 18.6. The highest BCUT2D eigenvalue weighted by Crippen LogP contribution is 2.52. The molecular formula is C26H22NO3-. The predicted molar refractivity (Wildman–Crippen MR) is 116 cm³/mol. The van der Waals surface area contributed by atoms with Gasteiger partial charge >= 0.3 is 0 Å². The molecule has 1 N–H and O–H groups in total. The Hall–Kier alpha value is -3.40. The maximum atomic E-state index is 13.4. The number of fused-ring (bicyclic) bond motifs is 4. The summed E-state index contributed by atoms with van der Waals surface area (Å²) in [6.07, 6.45) is 1.21. The molecule has 0 unspecified atom stereocenters. The number of hydrogen-bond acceptors (Lipinski definition) is 4. The van der Waals surface area contributed by atoms with Gasteiger partial charge in [0.2, 0.25) is 0 Å². The fraction of sp³-hybridized carbons (Fsp3) is 0.231. The lowest BCUT2D eigenvalue weighted by Gasteiger charge is -2.40. The van der Waals surface area contributed by atoms with Crippen molar-refractivity contribution in [2.45, 2.75) is 32.7 Å². The normalized spacial score (nSPS) is 19.8. The van der Waals surface area contributed by atoms with Crippen molar-refractivity contribution >= 4 is 33.8 Å². The van der Waals surface area contributed by atoms with E-state index in [0.29, 0.717) is 17.6 Å². The Bertz CT molecular complexity index is 1250. The number of carboxylic acids is 1. The number of carbonyl (C=O) groups excluding carboxylic acids is 2. The van der Waals surface area contributed by atoms with Crippen LogP contribution in [0.15, 0.2) is 66.2 Å². The van der Waals surface area contributed by atoms with Crippen molar-refractivity contribution < 1.29 is 14.7 Å². The Kier molecular flexibility index (Phi) is 4.07. The van der Waals surface area contributed by atoms with E-state index in [9.17, 15) is 14.7 Å². The van der Waals surface area contributed by atoms with Crippen LogP contribution in [0.4, 0.5) is 5.69 Å². The minimum atomic E-state index is -1.23. The summed E-state index contributed by atoms with van der Waals surface area (Å²) in [7, 11) is 0. The fourth-order valence-corrected chi connectivity index (χ4v) is 5.01. The lowest BCUT2D eigenvalue weighted by Crippen LogP contribution is -2.34. The molecule has 150 valence electrons. The molecule has 1 aliphatic carbocycles. The molecular weight excluding hydrogens is 374 g/mol. The van der Waals surface area contributed by atoms with E-state index in [0.717, 1.165) is 34.0 Å². The molecule has 30 heavy (non-hydrogen) atoms. The van der Waals surface area contributed by atoms with Crippen LogP contribution in [0, 0.1) is 5.41 Å². The van der Waals surface area contributed by atoms with Crippen molar-refractivity contribution in [1.29, 1.82) is 0 Å². The van der Waals surface area contributed by atoms with E-state index in [2.05, 4.69) is 37.4 Å². The lowest BCUT2D eigenvalue weighted by atomic mass is 9.67. The van der Waals surface area contributed by atoms with Gasteiger partial charge in [-0.1, -0.05) is 68.4 Å². The SMILES string of the molecule is CC1(C)CC(=O)C2=C(C1)c1c(ccc3ccccc13)N[C@@H]2c1ccccc1C(=O)[O-]. The summed E-state index contributed by atoms with van der Waals surface area (Å²) in [5, 5.41) is 17.5. The van der Waals surface area contributed by atoms with Crippen molar-refractivity contribution in [3.8, 4) is 0 Å². The first-order valence-corrected chi connectivity index (χ1v) is 10.2. The molecule has 0 amide bonds. The van der Waals surface area contributed by atoms with Crippen LogP contribution in [0.3, 0.4) is 0 Å². The van der Waals surface area contributed by atoms with Gasteiger partial charge in [-0.2, -0.15) is 0 Å². The van der Waals surface area contributed by atoms with Crippen molar-refractivity contribution in [3.63, 3.8) is 0 Å². The highest BCUT2D eigenvalue weighted by atomic mass is 16.4. The van der Waals surface area contributed by atoms with Crippen LogP contribution < -0.4 is 10.4 Å². The van der Waals surface area contributed by atoms with E-state index < -0.39 is 12.0 Å². The predicted octanol–water partition coefficient (Wildman–Crippen LogP) is 4.51. The second kappa shape index (κ2) is 6.56. The summed E-state index contributed by atoms with van der Waals surface area (Å²) >= 11 is 0. The summed E-state index contributed by atoms with van der Waals surface area (Å²) in [4.78, 5) is 25.2. The maximum Gasteiger partial charge on any atom is 0.162 e. The molecule has 1 aliphatic heterocycles. The Morgan fingerprint density at radius 1 is 1.00 bits per heavy atom. The Balaban J connectivity index is 1.82. The average molecular weight is 396 g/mol. The van der Waals surface area contributed by atoms with Crippen LogP contribution in [0.2, 0.25) is 0 Å². The van der Waals surface area contributed by atoms with Gasteiger partial charge in [0.05, 0.1) is 12.0 Å². The summed E-state index contributed by atoms with van der Waals surface area (Å²) in [6.45, 7) is 4.23. The van der Waals surface area contributed by atoms with Gasteiger partial charge in [-0.15, -0.1) is 0 Å². The molecule has 5 rings (SSSR count). The zero-order valence-corrected chi connectivity index (χ0v) is 17.0. The highest BCUT2D eigenvalue weighted by molar-refractivity contribution is 6.13. The van der Waals surface area contributed by atoms with E-state index in [-0.39, 0.29) is 16.8 Å². The first-order chi connectivity index (χ1) is 14.4. The van der Waals surface area contributed by atoms with E-state index in [1.165, 1.54) is 0 Å². The molecule has 3 aromatic rings. The number of ketones is 1.